The van der Waals surface area contributed by atoms with Gasteiger partial charge in [-0.15, -0.1) is 0 Å². The van der Waals surface area contributed by atoms with Crippen LogP contribution >= 0.6 is 15.9 Å². The molecular weight excluding hydrogens is 387 g/mol. The summed E-state index contributed by atoms with van der Waals surface area (Å²) in [6, 6.07) is 11.5. The van der Waals surface area contributed by atoms with Crippen LogP contribution in [0.25, 0.3) is 0 Å². The molecule has 7 heteroatoms. The van der Waals surface area contributed by atoms with Crippen LogP contribution < -0.4 is 10.6 Å². The Bertz CT molecular complexity index is 737. The van der Waals surface area contributed by atoms with Gasteiger partial charge in [0.25, 0.3) is 0 Å². The number of rotatable bonds is 6. The minimum absolute atomic E-state index is 0.163. The van der Waals surface area contributed by atoms with Gasteiger partial charge in [-0.3, -0.25) is 0 Å². The van der Waals surface area contributed by atoms with E-state index in [1.165, 1.54) is 6.07 Å². The minimum atomic E-state index is -0.294. The van der Waals surface area contributed by atoms with E-state index < -0.39 is 0 Å². The molecule has 3 N–H and O–H groups in total. The predicted molar refractivity (Wildman–Crippen MR) is 104 cm³/mol. The molecule has 0 aliphatic rings. The summed E-state index contributed by atoms with van der Waals surface area (Å²) in [5.74, 6) is 0.388. The maximum atomic E-state index is 13.9. The summed E-state index contributed by atoms with van der Waals surface area (Å²) < 4.78 is 14.7. The van der Waals surface area contributed by atoms with Crippen LogP contribution in [-0.4, -0.2) is 43.2 Å². The molecular formula is C18H22BrFN4O. The molecule has 0 aliphatic heterocycles. The van der Waals surface area contributed by atoms with Gasteiger partial charge in [0.1, 0.15) is 11.6 Å². The molecule has 2 rings (SSSR count). The maximum Gasteiger partial charge on any atom is 0.196 e. The number of phenols is 1. The largest absolute Gasteiger partial charge is 0.508 e. The molecule has 2 aromatic carbocycles. The number of aliphatic imine (C=N–C) groups is 1. The second kappa shape index (κ2) is 9.39. The number of nitrogens with one attached hydrogen (secondary N) is 2. The number of likely N-dealkylation sites (N-methyl/N-ethyl adjacent to an activating group) is 1. The van der Waals surface area contributed by atoms with E-state index in [0.29, 0.717) is 23.8 Å². The number of guanidine groups is 1. The third-order valence-corrected chi connectivity index (χ3v) is 3.87. The Labute approximate surface area is 155 Å². The van der Waals surface area contributed by atoms with Crippen LogP contribution in [0.5, 0.6) is 5.75 Å². The van der Waals surface area contributed by atoms with Crippen LogP contribution in [0.15, 0.2) is 51.9 Å². The molecule has 2 aromatic rings. The van der Waals surface area contributed by atoms with Gasteiger partial charge in [-0.25, -0.2) is 9.38 Å². The molecule has 0 aromatic heterocycles. The van der Waals surface area contributed by atoms with Gasteiger partial charge >= 0.3 is 0 Å². The van der Waals surface area contributed by atoms with Crippen LogP contribution in [0, 0.1) is 5.82 Å². The average molecular weight is 409 g/mol. The first-order valence-electron chi connectivity index (χ1n) is 7.87. The molecule has 0 atom stereocenters. The zero-order valence-electron chi connectivity index (χ0n) is 14.3. The summed E-state index contributed by atoms with van der Waals surface area (Å²) in [6.07, 6.45) is 0. The lowest BCUT2D eigenvalue weighted by atomic mass is 10.2. The standard InChI is InChI=1S/C18H22BrFN4O/c1-24(2)9-8-21-18(23-15-4-3-5-16(25)11-15)22-12-13-10-14(19)6-7-17(13)20/h3-7,10-11,25H,8-9,12H2,1-2H3,(H2,21,22,23). The fraction of sp³-hybridized carbons (Fsp3) is 0.278. The van der Waals surface area contributed by atoms with Crippen LogP contribution in [0.4, 0.5) is 10.1 Å². The lowest BCUT2D eigenvalue weighted by Gasteiger charge is -2.15. The van der Waals surface area contributed by atoms with E-state index in [2.05, 4.69) is 31.6 Å². The van der Waals surface area contributed by atoms with Gasteiger partial charge in [0.15, 0.2) is 5.96 Å². The van der Waals surface area contributed by atoms with Crippen molar-refractivity contribution in [3.8, 4) is 5.75 Å². The van der Waals surface area contributed by atoms with Gasteiger partial charge in [-0.05, 0) is 44.4 Å². The summed E-state index contributed by atoms with van der Waals surface area (Å²) in [5, 5.41) is 15.9. The van der Waals surface area contributed by atoms with Crippen molar-refractivity contribution in [2.24, 2.45) is 4.99 Å². The first-order chi connectivity index (χ1) is 11.9. The van der Waals surface area contributed by atoms with Gasteiger partial charge in [-0.2, -0.15) is 0 Å². The number of phenolic OH excluding ortho intramolecular Hbond substituents is 1. The predicted octanol–water partition coefficient (Wildman–Crippen LogP) is 3.41. The van der Waals surface area contributed by atoms with Crippen LogP contribution in [0.3, 0.4) is 0 Å². The molecule has 0 radical (unpaired) electrons. The topological polar surface area (TPSA) is 59.9 Å². The fourth-order valence-electron chi connectivity index (χ4n) is 2.09. The molecule has 0 saturated carbocycles. The number of benzene rings is 2. The number of anilines is 1. The Balaban J connectivity index is 2.13. The fourth-order valence-corrected chi connectivity index (χ4v) is 2.50. The zero-order chi connectivity index (χ0) is 18.2. The molecule has 0 fully saturated rings. The van der Waals surface area contributed by atoms with E-state index in [4.69, 9.17) is 0 Å². The van der Waals surface area contributed by atoms with Crippen molar-refractivity contribution < 1.29 is 9.50 Å². The average Bonchev–Trinajstić information content (AvgIpc) is 2.55. The van der Waals surface area contributed by atoms with Crippen molar-refractivity contribution in [2.45, 2.75) is 6.54 Å². The summed E-state index contributed by atoms with van der Waals surface area (Å²) in [5.41, 5.74) is 1.20. The highest BCUT2D eigenvalue weighted by atomic mass is 79.9. The van der Waals surface area contributed by atoms with Crippen LogP contribution in [0.2, 0.25) is 0 Å². The number of hydrogen-bond acceptors (Lipinski definition) is 3. The van der Waals surface area contributed by atoms with E-state index in [-0.39, 0.29) is 18.1 Å². The molecule has 0 saturated heterocycles. The van der Waals surface area contributed by atoms with Crippen molar-refractivity contribution in [1.29, 1.82) is 0 Å². The highest BCUT2D eigenvalue weighted by Gasteiger charge is 2.05. The number of halogens is 2. The second-order valence-corrected chi connectivity index (χ2v) is 6.72. The van der Waals surface area contributed by atoms with E-state index >= 15 is 0 Å². The second-order valence-electron chi connectivity index (χ2n) is 5.81. The van der Waals surface area contributed by atoms with Crippen molar-refractivity contribution >= 4 is 27.6 Å². The lowest BCUT2D eigenvalue weighted by Crippen LogP contribution is -2.36. The summed E-state index contributed by atoms with van der Waals surface area (Å²) in [7, 11) is 3.97. The molecule has 25 heavy (non-hydrogen) atoms. The van der Waals surface area contributed by atoms with Gasteiger partial charge < -0.3 is 20.6 Å². The Morgan fingerprint density at radius 3 is 2.76 bits per heavy atom. The molecule has 0 aliphatic carbocycles. The zero-order valence-corrected chi connectivity index (χ0v) is 15.8. The molecule has 5 nitrogen and oxygen atoms in total. The molecule has 0 unspecified atom stereocenters. The third-order valence-electron chi connectivity index (χ3n) is 3.38. The molecule has 0 spiro atoms. The summed E-state index contributed by atoms with van der Waals surface area (Å²) in [4.78, 5) is 6.50. The van der Waals surface area contributed by atoms with Gasteiger partial charge in [-0.1, -0.05) is 22.0 Å². The normalized spacial score (nSPS) is 11.6. The molecule has 0 bridgehead atoms. The lowest BCUT2D eigenvalue weighted by molar-refractivity contribution is 0.412. The maximum absolute atomic E-state index is 13.9. The Hall–Kier alpha value is -2.12. The van der Waals surface area contributed by atoms with Gasteiger partial charge in [0.05, 0.1) is 6.54 Å². The van der Waals surface area contributed by atoms with Crippen molar-refractivity contribution in [1.82, 2.24) is 10.2 Å². The smallest absolute Gasteiger partial charge is 0.196 e. The van der Waals surface area contributed by atoms with Crippen LogP contribution in [0.1, 0.15) is 5.56 Å². The van der Waals surface area contributed by atoms with Crippen molar-refractivity contribution in [3.63, 3.8) is 0 Å². The number of aromatic hydroxyl groups is 1. The number of hydrogen-bond donors (Lipinski definition) is 3. The first-order valence-corrected chi connectivity index (χ1v) is 8.66. The molecule has 0 amide bonds. The third kappa shape index (κ3) is 6.72. The van der Waals surface area contributed by atoms with Gasteiger partial charge in [0, 0.05) is 34.9 Å². The SMILES string of the molecule is CN(C)CCNC(=NCc1cc(Br)ccc1F)Nc1cccc(O)c1. The Morgan fingerprint density at radius 1 is 1.24 bits per heavy atom. The number of nitrogens with zero attached hydrogens (tertiary/aromatic N) is 2. The first kappa shape index (κ1) is 19.2. The van der Waals surface area contributed by atoms with E-state index in [1.54, 1.807) is 30.3 Å². The van der Waals surface area contributed by atoms with E-state index in [9.17, 15) is 9.50 Å². The Kier molecular flexibility index (Phi) is 7.21. The summed E-state index contributed by atoms with van der Waals surface area (Å²) >= 11 is 3.34. The summed E-state index contributed by atoms with van der Waals surface area (Å²) in [6.45, 7) is 1.70. The monoisotopic (exact) mass is 408 g/mol. The molecule has 134 valence electrons. The van der Waals surface area contributed by atoms with E-state index in [0.717, 1.165) is 11.0 Å². The Morgan fingerprint density at radius 2 is 2.04 bits per heavy atom. The van der Waals surface area contributed by atoms with Crippen LogP contribution in [-0.2, 0) is 6.54 Å². The molecule has 0 heterocycles. The van der Waals surface area contributed by atoms with Gasteiger partial charge in [0.2, 0.25) is 0 Å². The van der Waals surface area contributed by atoms with E-state index in [1.807, 2.05) is 25.1 Å². The van der Waals surface area contributed by atoms with Crippen molar-refractivity contribution in [3.05, 3.63) is 58.3 Å². The quantitative estimate of drug-likeness (QED) is 0.506. The van der Waals surface area contributed by atoms with Crippen molar-refractivity contribution in [2.75, 3.05) is 32.5 Å². The highest BCUT2D eigenvalue weighted by Crippen LogP contribution is 2.17. The minimum Gasteiger partial charge on any atom is -0.508 e. The highest BCUT2D eigenvalue weighted by molar-refractivity contribution is 9.10.